The Hall–Kier alpha value is -1.31. The van der Waals surface area contributed by atoms with E-state index in [0.29, 0.717) is 23.8 Å². The van der Waals surface area contributed by atoms with Crippen LogP contribution in [0.2, 0.25) is 0 Å². The van der Waals surface area contributed by atoms with E-state index < -0.39 is 16.1 Å². The molecule has 0 amide bonds. The van der Waals surface area contributed by atoms with Gasteiger partial charge >= 0.3 is 0 Å². The molecule has 106 valence electrons. The molecule has 0 spiro atoms. The van der Waals surface area contributed by atoms with Crippen LogP contribution in [0.1, 0.15) is 12.8 Å². The van der Waals surface area contributed by atoms with Crippen molar-refractivity contribution < 1.29 is 13.5 Å². The lowest BCUT2D eigenvalue weighted by Gasteiger charge is -2.14. The van der Waals surface area contributed by atoms with Crippen LogP contribution in [0.25, 0.3) is 0 Å². The van der Waals surface area contributed by atoms with Gasteiger partial charge in [0.1, 0.15) is 0 Å². The molecule has 1 unspecified atom stereocenters. The van der Waals surface area contributed by atoms with Crippen molar-refractivity contribution in [3.05, 3.63) is 18.2 Å². The number of sulfonamides is 1. The number of nitrogens with one attached hydrogen (secondary N) is 2. The van der Waals surface area contributed by atoms with Crippen LogP contribution in [0, 0.1) is 5.92 Å². The largest absolute Gasteiger partial charge is 0.397 e. The van der Waals surface area contributed by atoms with Gasteiger partial charge in [-0.1, -0.05) is 0 Å². The number of anilines is 2. The molecule has 1 saturated carbocycles. The van der Waals surface area contributed by atoms with Crippen LogP contribution >= 0.6 is 0 Å². The van der Waals surface area contributed by atoms with Crippen molar-refractivity contribution >= 4 is 21.4 Å². The molecule has 0 saturated heterocycles. The molecule has 1 atom stereocenters. The zero-order chi connectivity index (χ0) is 14.0. The first-order chi connectivity index (χ1) is 8.94. The highest BCUT2D eigenvalue weighted by Gasteiger charge is 2.29. The molecule has 7 heteroatoms. The van der Waals surface area contributed by atoms with Crippen LogP contribution in [0.3, 0.4) is 0 Å². The third-order valence-corrected chi connectivity index (χ3v) is 4.68. The number of aliphatic hydroxyl groups is 1. The lowest BCUT2D eigenvalue weighted by atomic mass is 10.2. The minimum atomic E-state index is -3.49. The van der Waals surface area contributed by atoms with Gasteiger partial charge in [0, 0.05) is 6.54 Å². The Morgan fingerprint density at radius 2 is 2.16 bits per heavy atom. The molecule has 1 fully saturated rings. The summed E-state index contributed by atoms with van der Waals surface area (Å²) < 4.78 is 25.6. The summed E-state index contributed by atoms with van der Waals surface area (Å²) in [6.07, 6.45) is 1.68. The van der Waals surface area contributed by atoms with Crippen molar-refractivity contribution in [3.63, 3.8) is 0 Å². The third kappa shape index (κ3) is 3.37. The Labute approximate surface area is 113 Å². The number of rotatable bonds is 6. The van der Waals surface area contributed by atoms with E-state index in [1.165, 1.54) is 25.2 Å². The van der Waals surface area contributed by atoms with Gasteiger partial charge in [-0.25, -0.2) is 13.1 Å². The molecule has 1 aromatic rings. The molecule has 0 radical (unpaired) electrons. The molecule has 0 heterocycles. The molecule has 0 aromatic heterocycles. The Morgan fingerprint density at radius 3 is 2.74 bits per heavy atom. The highest BCUT2D eigenvalue weighted by molar-refractivity contribution is 7.89. The maximum atomic E-state index is 11.7. The maximum absolute atomic E-state index is 11.7. The number of aliphatic hydroxyl groups excluding tert-OH is 1. The molecule has 5 N–H and O–H groups in total. The minimum absolute atomic E-state index is 0.146. The summed E-state index contributed by atoms with van der Waals surface area (Å²) >= 11 is 0. The fourth-order valence-electron chi connectivity index (χ4n) is 1.84. The maximum Gasteiger partial charge on any atom is 0.240 e. The second kappa shape index (κ2) is 5.36. The van der Waals surface area contributed by atoms with Crippen LogP contribution in [-0.2, 0) is 10.0 Å². The standard InChI is InChI=1S/C12H19N3O3S/c1-14-19(17,18)9-4-5-10(13)11(6-9)15-7-12(16)8-2-3-8/h4-6,8,12,14-16H,2-3,7,13H2,1H3. The summed E-state index contributed by atoms with van der Waals surface area (Å²) in [4.78, 5) is 0.146. The Balaban J connectivity index is 2.12. The first-order valence-corrected chi connectivity index (χ1v) is 7.67. The van der Waals surface area contributed by atoms with Gasteiger partial charge in [-0.15, -0.1) is 0 Å². The van der Waals surface area contributed by atoms with Crippen molar-refractivity contribution in [2.24, 2.45) is 5.92 Å². The molecule has 1 aromatic carbocycles. The van der Waals surface area contributed by atoms with E-state index >= 15 is 0 Å². The van der Waals surface area contributed by atoms with Gasteiger partial charge in [0.2, 0.25) is 10.0 Å². The second-order valence-corrected chi connectivity index (χ2v) is 6.63. The number of hydrogen-bond acceptors (Lipinski definition) is 5. The molecule has 0 aliphatic heterocycles. The van der Waals surface area contributed by atoms with E-state index in [-0.39, 0.29) is 4.90 Å². The zero-order valence-electron chi connectivity index (χ0n) is 10.8. The van der Waals surface area contributed by atoms with Crippen molar-refractivity contribution in [1.29, 1.82) is 0 Å². The molecule has 6 nitrogen and oxygen atoms in total. The molecule has 19 heavy (non-hydrogen) atoms. The fourth-order valence-corrected chi connectivity index (χ4v) is 2.59. The summed E-state index contributed by atoms with van der Waals surface area (Å²) in [5, 5.41) is 12.8. The van der Waals surface area contributed by atoms with E-state index in [1.54, 1.807) is 0 Å². The van der Waals surface area contributed by atoms with Gasteiger partial charge in [0.05, 0.1) is 22.4 Å². The molecule has 0 bridgehead atoms. The topological polar surface area (TPSA) is 104 Å². The zero-order valence-corrected chi connectivity index (χ0v) is 11.6. The summed E-state index contributed by atoms with van der Waals surface area (Å²) in [6, 6.07) is 4.46. The van der Waals surface area contributed by atoms with Gasteiger partial charge in [-0.2, -0.15) is 0 Å². The lowest BCUT2D eigenvalue weighted by molar-refractivity contribution is 0.164. The SMILES string of the molecule is CNS(=O)(=O)c1ccc(N)c(NCC(O)C2CC2)c1. The average Bonchev–Trinajstić information content (AvgIpc) is 3.21. The first-order valence-electron chi connectivity index (χ1n) is 6.19. The molecule has 2 rings (SSSR count). The van der Waals surface area contributed by atoms with Crippen molar-refractivity contribution in [1.82, 2.24) is 4.72 Å². The second-order valence-electron chi connectivity index (χ2n) is 4.74. The van der Waals surface area contributed by atoms with Crippen LogP contribution in [0.4, 0.5) is 11.4 Å². The van der Waals surface area contributed by atoms with Crippen LogP contribution in [0.5, 0.6) is 0 Å². The van der Waals surface area contributed by atoms with E-state index in [9.17, 15) is 13.5 Å². The lowest BCUT2D eigenvalue weighted by Crippen LogP contribution is -2.22. The van der Waals surface area contributed by atoms with Gasteiger partial charge in [-0.3, -0.25) is 0 Å². The number of nitrogen functional groups attached to an aromatic ring is 1. The van der Waals surface area contributed by atoms with E-state index in [4.69, 9.17) is 5.73 Å². The first kappa shape index (κ1) is 14.1. The monoisotopic (exact) mass is 285 g/mol. The molecular formula is C12H19N3O3S. The fraction of sp³-hybridized carbons (Fsp3) is 0.500. The molecule has 1 aliphatic carbocycles. The predicted octanol–water partition coefficient (Wildman–Crippen LogP) is 0.360. The Morgan fingerprint density at radius 1 is 1.47 bits per heavy atom. The van der Waals surface area contributed by atoms with Gasteiger partial charge in [-0.05, 0) is 44.0 Å². The number of hydrogen-bond donors (Lipinski definition) is 4. The summed E-state index contributed by atoms with van der Waals surface area (Å²) in [5.41, 5.74) is 6.77. The minimum Gasteiger partial charge on any atom is -0.397 e. The van der Waals surface area contributed by atoms with Crippen molar-refractivity contribution in [2.45, 2.75) is 23.8 Å². The van der Waals surface area contributed by atoms with Crippen molar-refractivity contribution in [2.75, 3.05) is 24.6 Å². The average molecular weight is 285 g/mol. The van der Waals surface area contributed by atoms with Crippen LogP contribution in [-0.4, -0.2) is 33.2 Å². The van der Waals surface area contributed by atoms with E-state index in [2.05, 4.69) is 10.0 Å². The third-order valence-electron chi connectivity index (χ3n) is 3.27. The predicted molar refractivity (Wildman–Crippen MR) is 74.3 cm³/mol. The molecular weight excluding hydrogens is 266 g/mol. The number of nitrogens with two attached hydrogens (primary N) is 1. The summed E-state index contributed by atoms with van der Waals surface area (Å²) in [5.74, 6) is 0.359. The van der Waals surface area contributed by atoms with Gasteiger partial charge in [0.15, 0.2) is 0 Å². The highest BCUT2D eigenvalue weighted by Crippen LogP contribution is 2.33. The Kier molecular flexibility index (Phi) is 3.98. The van der Waals surface area contributed by atoms with E-state index in [0.717, 1.165) is 12.8 Å². The number of benzene rings is 1. The van der Waals surface area contributed by atoms with Gasteiger partial charge < -0.3 is 16.2 Å². The van der Waals surface area contributed by atoms with Crippen LogP contribution in [0.15, 0.2) is 23.1 Å². The van der Waals surface area contributed by atoms with Crippen molar-refractivity contribution in [3.8, 4) is 0 Å². The smallest absolute Gasteiger partial charge is 0.240 e. The molecule has 1 aliphatic rings. The normalized spacial score (nSPS) is 17.2. The van der Waals surface area contributed by atoms with Crippen LogP contribution < -0.4 is 15.8 Å². The summed E-state index contributed by atoms with van der Waals surface area (Å²) in [7, 11) is -2.13. The summed E-state index contributed by atoms with van der Waals surface area (Å²) in [6.45, 7) is 0.373. The highest BCUT2D eigenvalue weighted by atomic mass is 32.2. The Bertz CT molecular complexity index is 555. The van der Waals surface area contributed by atoms with Gasteiger partial charge in [0.25, 0.3) is 0 Å². The quantitative estimate of drug-likeness (QED) is 0.565. The van der Waals surface area contributed by atoms with E-state index in [1.807, 2.05) is 0 Å².